The van der Waals surface area contributed by atoms with Gasteiger partial charge in [0.15, 0.2) is 5.82 Å². The molecule has 3 rings (SSSR count). The van der Waals surface area contributed by atoms with Gasteiger partial charge in [-0.25, -0.2) is 15.8 Å². The lowest BCUT2D eigenvalue weighted by Crippen LogP contribution is -2.27. The van der Waals surface area contributed by atoms with Crippen molar-refractivity contribution in [2.24, 2.45) is 5.84 Å². The average molecular weight is 376 g/mol. The van der Waals surface area contributed by atoms with Crippen molar-refractivity contribution in [3.8, 4) is 0 Å². The topological polar surface area (TPSA) is 67.9 Å². The van der Waals surface area contributed by atoms with Crippen LogP contribution in [0.1, 0.15) is 62.4 Å². The number of allylic oxidation sites excluding steroid dienone is 1. The van der Waals surface area contributed by atoms with E-state index in [9.17, 15) is 0 Å². The molecule has 5 nitrogen and oxygen atoms in total. The summed E-state index contributed by atoms with van der Waals surface area (Å²) < 4.78 is 0. The van der Waals surface area contributed by atoms with Crippen molar-refractivity contribution in [2.45, 2.75) is 45.4 Å². The van der Waals surface area contributed by atoms with Gasteiger partial charge in [-0.1, -0.05) is 50.3 Å². The molecule has 3 aromatic rings. The van der Waals surface area contributed by atoms with E-state index in [1.807, 2.05) is 25.3 Å². The third-order valence-electron chi connectivity index (χ3n) is 5.23. The fourth-order valence-electron chi connectivity index (χ4n) is 3.71. The van der Waals surface area contributed by atoms with Crippen LogP contribution >= 0.6 is 0 Å². The number of nitrogens with two attached hydrogens (primary N) is 1. The fraction of sp³-hybridized carbons (Fsp3) is 0.348. The van der Waals surface area contributed by atoms with E-state index in [0.717, 1.165) is 29.9 Å². The lowest BCUT2D eigenvalue weighted by Gasteiger charge is -2.20. The summed E-state index contributed by atoms with van der Waals surface area (Å²) in [5.74, 6) is 7.38. The zero-order valence-electron chi connectivity index (χ0n) is 17.1. The number of benzene rings is 1. The number of nitrogens with zero attached hydrogens (tertiary/aromatic N) is 4. The van der Waals surface area contributed by atoms with Crippen LogP contribution in [0.2, 0.25) is 0 Å². The molecule has 0 aliphatic rings. The minimum atomic E-state index is 0.297. The standard InChI is InChI=1S/C23H29N5/c1-5-8-20-22(26-15-27-23(20)28(4)24)17(3)12-11-16(2)21-19-10-7-6-9-18(19)13-14-25-21/h5-10,13-17H,11-12,24H2,1-4H3/b8-5-. The molecule has 0 aliphatic heterocycles. The summed E-state index contributed by atoms with van der Waals surface area (Å²) in [5.41, 5.74) is 3.21. The van der Waals surface area contributed by atoms with Crippen LogP contribution in [0, 0.1) is 0 Å². The minimum Gasteiger partial charge on any atom is -0.297 e. The Morgan fingerprint density at radius 1 is 1.00 bits per heavy atom. The summed E-state index contributed by atoms with van der Waals surface area (Å²) in [6.07, 6.45) is 9.62. The first-order chi connectivity index (χ1) is 13.5. The van der Waals surface area contributed by atoms with Crippen LogP contribution in [-0.4, -0.2) is 22.0 Å². The second kappa shape index (κ2) is 8.93. The molecular weight excluding hydrogens is 346 g/mol. The van der Waals surface area contributed by atoms with Crippen molar-refractivity contribution >= 4 is 22.7 Å². The van der Waals surface area contributed by atoms with Gasteiger partial charge >= 0.3 is 0 Å². The lowest BCUT2D eigenvalue weighted by molar-refractivity contribution is 0.559. The van der Waals surface area contributed by atoms with Crippen LogP contribution < -0.4 is 10.9 Å². The van der Waals surface area contributed by atoms with E-state index in [1.54, 1.807) is 18.4 Å². The van der Waals surface area contributed by atoms with E-state index < -0.39 is 0 Å². The van der Waals surface area contributed by atoms with Crippen molar-refractivity contribution in [1.29, 1.82) is 0 Å². The highest BCUT2D eigenvalue weighted by molar-refractivity contribution is 5.84. The number of rotatable bonds is 7. The van der Waals surface area contributed by atoms with Gasteiger partial charge in [0, 0.05) is 24.2 Å². The van der Waals surface area contributed by atoms with Crippen molar-refractivity contribution < 1.29 is 0 Å². The molecule has 0 radical (unpaired) electrons. The number of fused-ring (bicyclic) bond motifs is 1. The van der Waals surface area contributed by atoms with E-state index in [0.29, 0.717) is 11.8 Å². The predicted octanol–water partition coefficient (Wildman–Crippen LogP) is 5.06. The van der Waals surface area contributed by atoms with Crippen LogP contribution in [0.3, 0.4) is 0 Å². The average Bonchev–Trinajstić information content (AvgIpc) is 2.71. The Morgan fingerprint density at radius 2 is 1.71 bits per heavy atom. The van der Waals surface area contributed by atoms with E-state index in [4.69, 9.17) is 5.84 Å². The number of aromatic nitrogens is 3. The van der Waals surface area contributed by atoms with E-state index in [-0.39, 0.29) is 0 Å². The molecule has 28 heavy (non-hydrogen) atoms. The smallest absolute Gasteiger partial charge is 0.153 e. The molecule has 2 unspecified atom stereocenters. The molecule has 0 bridgehead atoms. The Morgan fingerprint density at radius 3 is 2.43 bits per heavy atom. The molecule has 2 N–H and O–H groups in total. The van der Waals surface area contributed by atoms with Crippen LogP contribution in [0.15, 0.2) is 48.9 Å². The van der Waals surface area contributed by atoms with E-state index in [2.05, 4.69) is 59.1 Å². The maximum absolute atomic E-state index is 5.97. The first kappa shape index (κ1) is 20.0. The maximum Gasteiger partial charge on any atom is 0.153 e. The predicted molar refractivity (Wildman–Crippen MR) is 117 cm³/mol. The summed E-state index contributed by atoms with van der Waals surface area (Å²) in [4.78, 5) is 13.6. The third-order valence-corrected chi connectivity index (χ3v) is 5.23. The number of hydrogen-bond acceptors (Lipinski definition) is 5. The largest absolute Gasteiger partial charge is 0.297 e. The number of anilines is 1. The SMILES string of the molecule is C/C=C\c1c(C(C)CCC(C)c2nccc3ccccc23)ncnc1N(C)N. The fourth-order valence-corrected chi connectivity index (χ4v) is 3.71. The number of hydrogen-bond donors (Lipinski definition) is 1. The summed E-state index contributed by atoms with van der Waals surface area (Å²) in [5, 5.41) is 4.04. The summed E-state index contributed by atoms with van der Waals surface area (Å²) in [6, 6.07) is 10.5. The monoisotopic (exact) mass is 375 g/mol. The Hall–Kier alpha value is -2.79. The Balaban J connectivity index is 1.80. The number of hydrazine groups is 1. The van der Waals surface area contributed by atoms with Gasteiger partial charge in [0.2, 0.25) is 0 Å². The summed E-state index contributed by atoms with van der Waals surface area (Å²) >= 11 is 0. The molecule has 0 amide bonds. The first-order valence-electron chi connectivity index (χ1n) is 9.82. The highest BCUT2D eigenvalue weighted by Crippen LogP contribution is 2.32. The molecule has 2 aromatic heterocycles. The summed E-state index contributed by atoms with van der Waals surface area (Å²) in [7, 11) is 1.80. The van der Waals surface area contributed by atoms with Gasteiger partial charge < -0.3 is 0 Å². The van der Waals surface area contributed by atoms with Gasteiger partial charge in [-0.15, -0.1) is 0 Å². The third kappa shape index (κ3) is 4.20. The molecule has 2 heterocycles. The molecule has 2 atom stereocenters. The molecule has 0 fully saturated rings. The molecule has 1 aromatic carbocycles. The van der Waals surface area contributed by atoms with Crippen LogP contribution in [0.4, 0.5) is 5.82 Å². The maximum atomic E-state index is 5.97. The van der Waals surface area contributed by atoms with Crippen molar-refractivity contribution in [3.05, 3.63) is 65.9 Å². The van der Waals surface area contributed by atoms with E-state index in [1.165, 1.54) is 16.5 Å². The second-order valence-electron chi connectivity index (χ2n) is 7.40. The van der Waals surface area contributed by atoms with E-state index >= 15 is 0 Å². The Labute approximate surface area is 167 Å². The van der Waals surface area contributed by atoms with Crippen LogP contribution in [0.5, 0.6) is 0 Å². The molecule has 0 aliphatic carbocycles. The first-order valence-corrected chi connectivity index (χ1v) is 9.82. The van der Waals surface area contributed by atoms with Crippen LogP contribution in [0.25, 0.3) is 16.8 Å². The highest BCUT2D eigenvalue weighted by atomic mass is 15.4. The van der Waals surface area contributed by atoms with Gasteiger partial charge in [-0.3, -0.25) is 9.99 Å². The highest BCUT2D eigenvalue weighted by Gasteiger charge is 2.18. The zero-order chi connectivity index (χ0) is 20.1. The van der Waals surface area contributed by atoms with Gasteiger partial charge in [0.25, 0.3) is 0 Å². The van der Waals surface area contributed by atoms with Gasteiger partial charge in [-0.2, -0.15) is 0 Å². The summed E-state index contributed by atoms with van der Waals surface area (Å²) in [6.45, 7) is 6.47. The normalized spacial score (nSPS) is 13.8. The Kier molecular flexibility index (Phi) is 6.37. The van der Waals surface area contributed by atoms with Crippen molar-refractivity contribution in [1.82, 2.24) is 15.0 Å². The molecule has 0 saturated heterocycles. The quantitative estimate of drug-likeness (QED) is 0.462. The lowest BCUT2D eigenvalue weighted by atomic mass is 9.90. The molecule has 0 saturated carbocycles. The molecule has 0 spiro atoms. The molecule has 146 valence electrons. The minimum absolute atomic E-state index is 0.297. The van der Waals surface area contributed by atoms with Gasteiger partial charge in [-0.05, 0) is 43.1 Å². The van der Waals surface area contributed by atoms with Gasteiger partial charge in [0.05, 0.1) is 11.4 Å². The van der Waals surface area contributed by atoms with Crippen molar-refractivity contribution in [3.63, 3.8) is 0 Å². The van der Waals surface area contributed by atoms with Crippen molar-refractivity contribution in [2.75, 3.05) is 12.1 Å². The molecular formula is C23H29N5. The second-order valence-corrected chi connectivity index (χ2v) is 7.40. The van der Waals surface area contributed by atoms with Gasteiger partial charge in [0.1, 0.15) is 6.33 Å². The molecule has 5 heteroatoms. The zero-order valence-corrected chi connectivity index (χ0v) is 17.1. The number of pyridine rings is 1. The van der Waals surface area contributed by atoms with Crippen LogP contribution in [-0.2, 0) is 0 Å². The Bertz CT molecular complexity index is 959.